The Hall–Kier alpha value is -3.07. The number of nitrogens with zero attached hydrogens (tertiary/aromatic N) is 8. The smallest absolute Gasteiger partial charge is 0.202 e. The van der Waals surface area contributed by atoms with Crippen LogP contribution in [0.4, 0.5) is 0 Å². The van der Waals surface area contributed by atoms with Crippen LogP contribution in [0.2, 0.25) is 0 Å². The van der Waals surface area contributed by atoms with Gasteiger partial charge < -0.3 is 0 Å². The third-order valence-corrected chi connectivity index (χ3v) is 4.25. The van der Waals surface area contributed by atoms with E-state index in [0.29, 0.717) is 18.2 Å². The Balaban J connectivity index is 1.54. The van der Waals surface area contributed by atoms with E-state index in [0.717, 1.165) is 21.0 Å². The van der Waals surface area contributed by atoms with Crippen molar-refractivity contribution < 1.29 is 0 Å². The second kappa shape index (κ2) is 5.49. The first-order chi connectivity index (χ1) is 12.3. The molecule has 9 heteroatoms. The van der Waals surface area contributed by atoms with Gasteiger partial charge in [-0.3, -0.25) is 4.68 Å². The van der Waals surface area contributed by atoms with Crippen molar-refractivity contribution in [2.45, 2.75) is 6.67 Å². The summed E-state index contributed by atoms with van der Waals surface area (Å²) in [6, 6.07) is 9.77. The van der Waals surface area contributed by atoms with Gasteiger partial charge in [-0.05, 0) is 34.1 Å². The van der Waals surface area contributed by atoms with E-state index < -0.39 is 0 Å². The zero-order valence-corrected chi connectivity index (χ0v) is 14.4. The van der Waals surface area contributed by atoms with E-state index in [9.17, 15) is 0 Å². The SMILES string of the molecule is Brc1cnn(Cn2ccc(-c3nc4c5ccccc5ncn4n3)n2)c1. The summed E-state index contributed by atoms with van der Waals surface area (Å²) in [7, 11) is 0. The van der Waals surface area contributed by atoms with E-state index >= 15 is 0 Å². The molecule has 0 unspecified atom stereocenters. The number of halogens is 1. The van der Waals surface area contributed by atoms with E-state index in [1.54, 1.807) is 26.4 Å². The third-order valence-electron chi connectivity index (χ3n) is 3.84. The molecular formula is C16H11BrN8. The maximum atomic E-state index is 4.64. The summed E-state index contributed by atoms with van der Waals surface area (Å²) in [5.74, 6) is 0.568. The molecule has 0 aliphatic carbocycles. The molecule has 5 aromatic rings. The number of aromatic nitrogens is 8. The Morgan fingerprint density at radius 3 is 2.84 bits per heavy atom. The Kier molecular flexibility index (Phi) is 3.14. The molecule has 0 fully saturated rings. The van der Waals surface area contributed by atoms with Crippen molar-refractivity contribution in [3.05, 3.63) is 59.7 Å². The van der Waals surface area contributed by atoms with Gasteiger partial charge in [0.15, 0.2) is 5.65 Å². The van der Waals surface area contributed by atoms with Gasteiger partial charge in [-0.1, -0.05) is 12.1 Å². The highest BCUT2D eigenvalue weighted by Crippen LogP contribution is 2.19. The molecule has 0 saturated heterocycles. The summed E-state index contributed by atoms with van der Waals surface area (Å²) in [6.07, 6.45) is 7.19. The average molecular weight is 395 g/mol. The van der Waals surface area contributed by atoms with Crippen LogP contribution in [0.1, 0.15) is 0 Å². The summed E-state index contributed by atoms with van der Waals surface area (Å²) < 4.78 is 6.19. The number of hydrogen-bond donors (Lipinski definition) is 0. The molecule has 5 rings (SSSR count). The molecule has 0 amide bonds. The maximum absolute atomic E-state index is 4.64. The second-order valence-corrected chi connectivity index (χ2v) is 6.46. The van der Waals surface area contributed by atoms with Gasteiger partial charge >= 0.3 is 0 Å². The van der Waals surface area contributed by atoms with Crippen LogP contribution in [-0.2, 0) is 6.67 Å². The molecule has 0 atom stereocenters. The topological polar surface area (TPSA) is 78.7 Å². The molecule has 0 saturated carbocycles. The van der Waals surface area contributed by atoms with Gasteiger partial charge in [0.1, 0.15) is 18.7 Å². The quantitative estimate of drug-likeness (QED) is 0.469. The summed E-state index contributed by atoms with van der Waals surface area (Å²) in [4.78, 5) is 9.04. The maximum Gasteiger partial charge on any atom is 0.202 e. The third kappa shape index (κ3) is 2.49. The molecule has 0 spiro atoms. The van der Waals surface area contributed by atoms with Gasteiger partial charge in [0, 0.05) is 17.8 Å². The van der Waals surface area contributed by atoms with E-state index in [4.69, 9.17) is 0 Å². The Bertz CT molecular complexity index is 1200. The Morgan fingerprint density at radius 1 is 1.04 bits per heavy atom. The summed E-state index contributed by atoms with van der Waals surface area (Å²) in [5, 5.41) is 14.2. The zero-order valence-electron chi connectivity index (χ0n) is 12.9. The molecule has 4 heterocycles. The summed E-state index contributed by atoms with van der Waals surface area (Å²) in [5.41, 5.74) is 2.37. The molecule has 0 aliphatic heterocycles. The van der Waals surface area contributed by atoms with Gasteiger partial charge in [0.05, 0.1) is 16.2 Å². The van der Waals surface area contributed by atoms with Crippen molar-refractivity contribution in [3.8, 4) is 11.5 Å². The van der Waals surface area contributed by atoms with Crippen LogP contribution in [0.3, 0.4) is 0 Å². The van der Waals surface area contributed by atoms with Crippen LogP contribution in [0, 0.1) is 0 Å². The largest absolute Gasteiger partial charge is 0.250 e. The fourth-order valence-electron chi connectivity index (χ4n) is 2.71. The minimum absolute atomic E-state index is 0.517. The van der Waals surface area contributed by atoms with Crippen LogP contribution in [-0.4, -0.2) is 39.1 Å². The molecule has 0 bridgehead atoms. The van der Waals surface area contributed by atoms with E-state index in [2.05, 4.69) is 41.2 Å². The average Bonchev–Trinajstić information content (AvgIpc) is 3.34. The minimum Gasteiger partial charge on any atom is -0.250 e. The first-order valence-electron chi connectivity index (χ1n) is 7.58. The van der Waals surface area contributed by atoms with Crippen molar-refractivity contribution in [3.63, 3.8) is 0 Å². The second-order valence-electron chi connectivity index (χ2n) is 5.55. The predicted molar refractivity (Wildman–Crippen MR) is 94.8 cm³/mol. The van der Waals surface area contributed by atoms with Crippen LogP contribution >= 0.6 is 15.9 Å². The van der Waals surface area contributed by atoms with Crippen LogP contribution in [0.5, 0.6) is 0 Å². The van der Waals surface area contributed by atoms with Crippen LogP contribution in [0.25, 0.3) is 28.1 Å². The standard InChI is InChI=1S/C16H11BrN8/c17-11-7-19-24(8-11)10-23-6-5-14(21-23)15-20-16-12-3-1-2-4-13(12)18-9-25(16)22-15/h1-9H,10H2. The number of rotatable bonds is 3. The Labute approximate surface area is 149 Å². The lowest BCUT2D eigenvalue weighted by Gasteiger charge is -2.00. The normalized spacial score (nSPS) is 11.6. The van der Waals surface area contributed by atoms with Gasteiger partial charge in [-0.2, -0.15) is 10.2 Å². The van der Waals surface area contributed by atoms with Gasteiger partial charge in [0.25, 0.3) is 0 Å². The monoisotopic (exact) mass is 394 g/mol. The number of benzene rings is 1. The van der Waals surface area contributed by atoms with E-state index in [1.807, 2.05) is 42.7 Å². The van der Waals surface area contributed by atoms with Crippen molar-refractivity contribution >= 4 is 32.5 Å². The molecule has 25 heavy (non-hydrogen) atoms. The van der Waals surface area contributed by atoms with Gasteiger partial charge in [-0.25, -0.2) is 19.2 Å². The highest BCUT2D eigenvalue weighted by molar-refractivity contribution is 9.10. The first kappa shape index (κ1) is 14.3. The summed E-state index contributed by atoms with van der Waals surface area (Å²) in [6.45, 7) is 0.517. The zero-order chi connectivity index (χ0) is 16.8. The molecular weight excluding hydrogens is 384 g/mol. The highest BCUT2D eigenvalue weighted by Gasteiger charge is 2.12. The fraction of sp³-hybridized carbons (Fsp3) is 0.0625. The lowest BCUT2D eigenvalue weighted by atomic mass is 10.2. The van der Waals surface area contributed by atoms with Gasteiger partial charge in [-0.15, -0.1) is 5.10 Å². The number of fused-ring (bicyclic) bond motifs is 3. The molecule has 1 aromatic carbocycles. The Morgan fingerprint density at radius 2 is 1.96 bits per heavy atom. The number of hydrogen-bond acceptors (Lipinski definition) is 5. The van der Waals surface area contributed by atoms with Gasteiger partial charge in [0.2, 0.25) is 5.82 Å². The van der Waals surface area contributed by atoms with Crippen molar-refractivity contribution in [2.75, 3.05) is 0 Å². The lowest BCUT2D eigenvalue weighted by molar-refractivity contribution is 0.503. The van der Waals surface area contributed by atoms with E-state index in [-0.39, 0.29) is 0 Å². The van der Waals surface area contributed by atoms with Crippen LogP contribution in [0.15, 0.2) is 59.7 Å². The minimum atomic E-state index is 0.517. The van der Waals surface area contributed by atoms with Crippen LogP contribution < -0.4 is 0 Å². The van der Waals surface area contributed by atoms with Crippen molar-refractivity contribution in [1.82, 2.24) is 39.1 Å². The first-order valence-corrected chi connectivity index (χ1v) is 8.37. The fourth-order valence-corrected chi connectivity index (χ4v) is 3.04. The number of para-hydroxylation sites is 1. The lowest BCUT2D eigenvalue weighted by Crippen LogP contribution is -2.08. The molecule has 122 valence electrons. The van der Waals surface area contributed by atoms with Crippen molar-refractivity contribution in [2.24, 2.45) is 0 Å². The summed E-state index contributed by atoms with van der Waals surface area (Å²) >= 11 is 3.39. The molecule has 0 radical (unpaired) electrons. The van der Waals surface area contributed by atoms with E-state index in [1.165, 1.54) is 0 Å². The molecule has 4 aromatic heterocycles. The highest BCUT2D eigenvalue weighted by atomic mass is 79.9. The predicted octanol–water partition coefficient (Wildman–Crippen LogP) is 2.61. The molecule has 0 aliphatic rings. The molecule has 8 nitrogen and oxygen atoms in total. The van der Waals surface area contributed by atoms with Crippen molar-refractivity contribution in [1.29, 1.82) is 0 Å². The molecule has 0 N–H and O–H groups in total.